The molecule has 0 aliphatic carbocycles. The third kappa shape index (κ3) is 4.43. The number of hydrogen-bond donors (Lipinski definition) is 2. The summed E-state index contributed by atoms with van der Waals surface area (Å²) in [4.78, 5) is 4.40. The lowest BCUT2D eigenvalue weighted by molar-refractivity contribution is 0.402. The first-order valence-corrected chi connectivity index (χ1v) is 10.2. The standard InChI is InChI=1S/C21H23N3O3S/c1-14-5-8-18(16(3)11-14)23-21-10-7-17(13-22-21)24-28(25,26)20-12-15(2)6-9-19(20)27-4/h5-13,24H,1-4H3,(H,22,23). The number of methoxy groups -OCH3 is 1. The van der Waals surface area contributed by atoms with Crippen molar-refractivity contribution < 1.29 is 13.2 Å². The van der Waals surface area contributed by atoms with Crippen LogP contribution in [0.1, 0.15) is 16.7 Å². The molecule has 0 unspecified atom stereocenters. The number of pyridine rings is 1. The first kappa shape index (κ1) is 19.7. The summed E-state index contributed by atoms with van der Waals surface area (Å²) >= 11 is 0. The van der Waals surface area contributed by atoms with Gasteiger partial charge in [0.25, 0.3) is 10.0 Å². The van der Waals surface area contributed by atoms with Crippen molar-refractivity contribution >= 4 is 27.2 Å². The van der Waals surface area contributed by atoms with Crippen LogP contribution in [0.2, 0.25) is 0 Å². The van der Waals surface area contributed by atoms with Gasteiger partial charge in [0.05, 0.1) is 19.0 Å². The van der Waals surface area contributed by atoms with E-state index < -0.39 is 10.0 Å². The zero-order chi connectivity index (χ0) is 20.3. The number of aromatic nitrogens is 1. The van der Waals surface area contributed by atoms with Crippen LogP contribution in [0, 0.1) is 20.8 Å². The summed E-state index contributed by atoms with van der Waals surface area (Å²) < 4.78 is 33.2. The smallest absolute Gasteiger partial charge is 0.265 e. The van der Waals surface area contributed by atoms with Gasteiger partial charge >= 0.3 is 0 Å². The van der Waals surface area contributed by atoms with Crippen molar-refractivity contribution in [2.75, 3.05) is 17.1 Å². The van der Waals surface area contributed by atoms with E-state index in [1.165, 1.54) is 18.9 Å². The van der Waals surface area contributed by atoms with Crippen LogP contribution in [0.25, 0.3) is 0 Å². The lowest BCUT2D eigenvalue weighted by Crippen LogP contribution is -2.14. The number of aryl methyl sites for hydroxylation is 3. The summed E-state index contributed by atoms with van der Waals surface area (Å²) in [6.45, 7) is 5.89. The largest absolute Gasteiger partial charge is 0.495 e. The summed E-state index contributed by atoms with van der Waals surface area (Å²) in [5, 5.41) is 3.24. The SMILES string of the molecule is COc1ccc(C)cc1S(=O)(=O)Nc1ccc(Nc2ccc(C)cc2C)nc1. The highest BCUT2D eigenvalue weighted by Gasteiger charge is 2.20. The first-order valence-electron chi connectivity index (χ1n) is 8.76. The van der Waals surface area contributed by atoms with Gasteiger partial charge in [-0.15, -0.1) is 0 Å². The molecule has 0 spiro atoms. The van der Waals surface area contributed by atoms with E-state index in [0.717, 1.165) is 16.8 Å². The minimum atomic E-state index is -3.80. The van der Waals surface area contributed by atoms with Crippen molar-refractivity contribution in [2.45, 2.75) is 25.7 Å². The zero-order valence-corrected chi connectivity index (χ0v) is 17.1. The van der Waals surface area contributed by atoms with Crippen molar-refractivity contribution in [3.63, 3.8) is 0 Å². The minimum Gasteiger partial charge on any atom is -0.495 e. The molecule has 0 bridgehead atoms. The Bertz CT molecular complexity index is 1090. The number of anilines is 3. The van der Waals surface area contributed by atoms with Crippen molar-refractivity contribution in [3.05, 3.63) is 71.4 Å². The molecule has 0 atom stereocenters. The quantitative estimate of drug-likeness (QED) is 0.637. The fraction of sp³-hybridized carbons (Fsp3) is 0.190. The highest BCUT2D eigenvalue weighted by molar-refractivity contribution is 7.92. The van der Waals surface area contributed by atoms with Gasteiger partial charge in [-0.2, -0.15) is 0 Å². The predicted octanol–water partition coefficient (Wildman–Crippen LogP) is 4.56. The predicted molar refractivity (Wildman–Crippen MR) is 112 cm³/mol. The molecule has 2 N–H and O–H groups in total. The van der Waals surface area contributed by atoms with Crippen molar-refractivity contribution in [1.29, 1.82) is 0 Å². The molecule has 7 heteroatoms. The van der Waals surface area contributed by atoms with Crippen molar-refractivity contribution in [3.8, 4) is 5.75 Å². The van der Waals surface area contributed by atoms with Gasteiger partial charge in [-0.3, -0.25) is 4.72 Å². The van der Waals surface area contributed by atoms with Gasteiger partial charge in [0, 0.05) is 5.69 Å². The third-order valence-corrected chi connectivity index (χ3v) is 5.67. The van der Waals surface area contributed by atoms with Crippen LogP contribution in [0.3, 0.4) is 0 Å². The van der Waals surface area contributed by atoms with Gasteiger partial charge in [0.15, 0.2) is 0 Å². The van der Waals surface area contributed by atoms with E-state index in [0.29, 0.717) is 17.3 Å². The molecule has 28 heavy (non-hydrogen) atoms. The average molecular weight is 398 g/mol. The van der Waals surface area contributed by atoms with Crippen molar-refractivity contribution in [2.24, 2.45) is 0 Å². The number of nitrogens with one attached hydrogen (secondary N) is 2. The van der Waals surface area contributed by atoms with Crippen LogP contribution >= 0.6 is 0 Å². The highest BCUT2D eigenvalue weighted by atomic mass is 32.2. The molecule has 3 aromatic rings. The lowest BCUT2D eigenvalue weighted by atomic mass is 10.1. The maximum atomic E-state index is 12.8. The van der Waals surface area contributed by atoms with Crippen LogP contribution < -0.4 is 14.8 Å². The van der Waals surface area contributed by atoms with Gasteiger partial charge in [-0.05, 0) is 62.2 Å². The molecular formula is C21H23N3O3S. The summed E-state index contributed by atoms with van der Waals surface area (Å²) in [6, 6.07) is 14.5. The van der Waals surface area contributed by atoms with E-state index in [2.05, 4.69) is 21.1 Å². The number of hydrogen-bond acceptors (Lipinski definition) is 5. The Morgan fingerprint density at radius 3 is 2.29 bits per heavy atom. The Kier molecular flexibility index (Phi) is 5.56. The van der Waals surface area contributed by atoms with Gasteiger partial charge in [0.1, 0.15) is 16.5 Å². The molecule has 6 nitrogen and oxygen atoms in total. The third-order valence-electron chi connectivity index (χ3n) is 4.27. The maximum absolute atomic E-state index is 12.8. The molecule has 146 valence electrons. The Hall–Kier alpha value is -3.06. The van der Waals surface area contributed by atoms with E-state index in [1.54, 1.807) is 30.3 Å². The Morgan fingerprint density at radius 2 is 1.64 bits per heavy atom. The molecule has 0 saturated carbocycles. The average Bonchev–Trinajstić information content (AvgIpc) is 2.65. The Balaban J connectivity index is 1.79. The van der Waals surface area contributed by atoms with Crippen LogP contribution in [-0.2, 0) is 10.0 Å². The lowest BCUT2D eigenvalue weighted by Gasteiger charge is -2.13. The normalized spacial score (nSPS) is 11.1. The van der Waals surface area contributed by atoms with Gasteiger partial charge in [-0.25, -0.2) is 13.4 Å². The minimum absolute atomic E-state index is 0.0903. The van der Waals surface area contributed by atoms with E-state index in [9.17, 15) is 8.42 Å². The van der Waals surface area contributed by atoms with Crippen LogP contribution in [0.5, 0.6) is 5.75 Å². The maximum Gasteiger partial charge on any atom is 0.265 e. The van der Waals surface area contributed by atoms with Gasteiger partial charge in [0.2, 0.25) is 0 Å². The second kappa shape index (κ2) is 7.90. The van der Waals surface area contributed by atoms with E-state index in [-0.39, 0.29) is 4.90 Å². The van der Waals surface area contributed by atoms with E-state index in [4.69, 9.17) is 4.74 Å². The number of nitrogens with zero attached hydrogens (tertiary/aromatic N) is 1. The molecule has 0 aliphatic rings. The van der Waals surface area contributed by atoms with Crippen molar-refractivity contribution in [1.82, 2.24) is 4.98 Å². The Labute approximate surface area is 165 Å². The number of rotatable bonds is 6. The van der Waals surface area contributed by atoms with Crippen LogP contribution in [-0.4, -0.2) is 20.5 Å². The fourth-order valence-electron chi connectivity index (χ4n) is 2.82. The second-order valence-corrected chi connectivity index (χ2v) is 8.29. The molecule has 2 aromatic carbocycles. The molecule has 0 aliphatic heterocycles. The molecule has 0 saturated heterocycles. The zero-order valence-electron chi connectivity index (χ0n) is 16.3. The summed E-state index contributed by atoms with van der Waals surface area (Å²) in [5.41, 5.74) is 4.45. The highest BCUT2D eigenvalue weighted by Crippen LogP contribution is 2.27. The van der Waals surface area contributed by atoms with E-state index in [1.807, 2.05) is 32.9 Å². The summed E-state index contributed by atoms with van der Waals surface area (Å²) in [7, 11) is -2.35. The topological polar surface area (TPSA) is 80.3 Å². The van der Waals surface area contributed by atoms with Gasteiger partial charge < -0.3 is 10.1 Å². The second-order valence-electron chi connectivity index (χ2n) is 6.64. The monoisotopic (exact) mass is 397 g/mol. The fourth-order valence-corrected chi connectivity index (χ4v) is 4.12. The molecule has 0 radical (unpaired) electrons. The number of benzene rings is 2. The number of sulfonamides is 1. The molecule has 0 amide bonds. The first-order chi connectivity index (χ1) is 13.3. The molecule has 0 fully saturated rings. The molecule has 3 rings (SSSR count). The molecule has 1 aromatic heterocycles. The van der Waals surface area contributed by atoms with E-state index >= 15 is 0 Å². The number of ether oxygens (including phenoxy) is 1. The summed E-state index contributed by atoms with van der Waals surface area (Å²) in [5.74, 6) is 0.919. The summed E-state index contributed by atoms with van der Waals surface area (Å²) in [6.07, 6.45) is 1.48. The Morgan fingerprint density at radius 1 is 0.929 bits per heavy atom. The van der Waals surface area contributed by atoms with Gasteiger partial charge in [-0.1, -0.05) is 23.8 Å². The molecular weight excluding hydrogens is 374 g/mol. The molecule has 1 heterocycles. The van der Waals surface area contributed by atoms with Crippen LogP contribution in [0.15, 0.2) is 59.6 Å². The van der Waals surface area contributed by atoms with Crippen LogP contribution in [0.4, 0.5) is 17.2 Å².